The lowest BCUT2D eigenvalue weighted by Gasteiger charge is -1.97. The molecule has 0 aliphatic carbocycles. The highest BCUT2D eigenvalue weighted by atomic mass is 16.3. The van der Waals surface area contributed by atoms with Gasteiger partial charge in [-0.3, -0.25) is 0 Å². The van der Waals surface area contributed by atoms with Crippen LogP contribution in [-0.4, -0.2) is 5.11 Å². The van der Waals surface area contributed by atoms with Crippen molar-refractivity contribution < 1.29 is 7.85 Å². The Morgan fingerprint density at radius 2 is 1.91 bits per heavy atom. The van der Waals surface area contributed by atoms with Crippen LogP contribution in [0.15, 0.2) is 42.4 Å². The quantitative estimate of drug-likeness (QED) is 0.605. The molecule has 0 saturated heterocycles. The van der Waals surface area contributed by atoms with E-state index in [0.717, 1.165) is 5.39 Å². The Morgan fingerprint density at radius 3 is 2.82 bits per heavy atom. The van der Waals surface area contributed by atoms with E-state index in [-0.39, 0.29) is 11.8 Å². The maximum Gasteiger partial charge on any atom is 0.123 e. The van der Waals surface area contributed by atoms with Gasteiger partial charge in [0, 0.05) is 5.39 Å². The highest BCUT2D eigenvalue weighted by Crippen LogP contribution is 2.22. The minimum atomic E-state index is 0.0995. The number of hydrogen-bond acceptors (Lipinski definition) is 1. The molecule has 0 aromatic heterocycles. The third kappa shape index (κ3) is 0.944. The molecule has 2 aromatic rings. The highest BCUT2D eigenvalue weighted by molar-refractivity contribution is 5.87. The molecule has 0 atom stereocenters. The molecule has 11 heavy (non-hydrogen) atoms. The molecular formula is C10H8O. The molecule has 0 fully saturated rings. The van der Waals surface area contributed by atoms with Crippen LogP contribution in [-0.2, 0) is 0 Å². The Hall–Kier alpha value is -1.50. The maximum atomic E-state index is 9.46. The fourth-order valence-electron chi connectivity index (χ4n) is 1.08. The first-order chi connectivity index (χ1) is 6.16. The van der Waals surface area contributed by atoms with Gasteiger partial charge >= 0.3 is 0 Å². The summed E-state index contributed by atoms with van der Waals surface area (Å²) in [5.41, 5.74) is 0. The van der Waals surface area contributed by atoms with Crippen LogP contribution in [0.3, 0.4) is 0 Å². The molecule has 0 amide bonds. The molecule has 0 bridgehead atoms. The van der Waals surface area contributed by atoms with Crippen molar-refractivity contribution in [3.05, 3.63) is 42.4 Å². The van der Waals surface area contributed by atoms with E-state index in [9.17, 15) is 5.11 Å². The van der Waals surface area contributed by atoms with E-state index in [0.29, 0.717) is 11.4 Å². The van der Waals surface area contributed by atoms with Crippen molar-refractivity contribution in [2.75, 3.05) is 0 Å². The fourth-order valence-corrected chi connectivity index (χ4v) is 1.08. The van der Waals surface area contributed by atoms with E-state index < -0.39 is 0 Å². The monoisotopic (exact) mass is 146 g/mol. The number of rotatable bonds is 0. The van der Waals surface area contributed by atoms with Gasteiger partial charge in [0.1, 0.15) is 5.75 Å². The number of fused-ring (bicyclic) bond motifs is 1. The van der Waals surface area contributed by atoms with Crippen LogP contribution in [0.2, 0.25) is 0 Å². The Labute approximate surface area is 67.7 Å². The van der Waals surface area contributed by atoms with E-state index in [2.05, 4.69) is 0 Å². The standard InChI is InChI=1S/C10H8O/c11-10-7-3-5-8-4-1-2-6-9(8)10/h1-7,11H/i1D,3D. The van der Waals surface area contributed by atoms with Crippen molar-refractivity contribution in [1.82, 2.24) is 0 Å². The van der Waals surface area contributed by atoms with E-state index in [1.165, 1.54) is 6.07 Å². The van der Waals surface area contributed by atoms with Crippen LogP contribution in [0.1, 0.15) is 2.74 Å². The molecule has 2 aromatic carbocycles. The Balaban J connectivity index is 2.86. The number of benzene rings is 2. The Bertz CT molecular complexity index is 460. The molecule has 1 N–H and O–H groups in total. The third-order valence-electron chi connectivity index (χ3n) is 1.63. The zero-order valence-electron chi connectivity index (χ0n) is 7.83. The highest BCUT2D eigenvalue weighted by Gasteiger charge is 1.94. The van der Waals surface area contributed by atoms with Crippen LogP contribution >= 0.6 is 0 Å². The molecule has 1 heteroatoms. The van der Waals surface area contributed by atoms with Crippen LogP contribution in [0.25, 0.3) is 10.8 Å². The number of hydrogen-bond donors (Lipinski definition) is 1. The lowest BCUT2D eigenvalue weighted by atomic mass is 10.1. The zero-order chi connectivity index (χ0) is 9.42. The van der Waals surface area contributed by atoms with Gasteiger partial charge < -0.3 is 5.11 Å². The van der Waals surface area contributed by atoms with Crippen molar-refractivity contribution in [1.29, 1.82) is 0 Å². The fraction of sp³-hybridized carbons (Fsp3) is 0. The zero-order valence-corrected chi connectivity index (χ0v) is 5.83. The van der Waals surface area contributed by atoms with Crippen LogP contribution < -0.4 is 0 Å². The summed E-state index contributed by atoms with van der Waals surface area (Å²) in [6.07, 6.45) is 0. The predicted molar refractivity (Wildman–Crippen MR) is 45.6 cm³/mol. The third-order valence-corrected chi connectivity index (χ3v) is 1.63. The van der Waals surface area contributed by atoms with Crippen molar-refractivity contribution in [2.24, 2.45) is 0 Å². The van der Waals surface area contributed by atoms with Crippen molar-refractivity contribution in [3.63, 3.8) is 0 Å². The molecule has 0 saturated carbocycles. The first kappa shape index (κ1) is 4.39. The largest absolute Gasteiger partial charge is 0.507 e. The smallest absolute Gasteiger partial charge is 0.123 e. The van der Waals surface area contributed by atoms with Crippen molar-refractivity contribution in [2.45, 2.75) is 0 Å². The van der Waals surface area contributed by atoms with E-state index in [1.807, 2.05) is 0 Å². The Morgan fingerprint density at radius 1 is 1.09 bits per heavy atom. The predicted octanol–water partition coefficient (Wildman–Crippen LogP) is 2.55. The van der Waals surface area contributed by atoms with Gasteiger partial charge in [-0.1, -0.05) is 36.4 Å². The van der Waals surface area contributed by atoms with Gasteiger partial charge in [0.25, 0.3) is 0 Å². The van der Waals surface area contributed by atoms with E-state index in [1.54, 1.807) is 24.3 Å². The first-order valence-corrected chi connectivity index (χ1v) is 3.37. The van der Waals surface area contributed by atoms with Crippen LogP contribution in [0.4, 0.5) is 0 Å². The molecule has 0 unspecified atom stereocenters. The topological polar surface area (TPSA) is 20.2 Å². The summed E-state index contributed by atoms with van der Waals surface area (Å²) in [7, 11) is 0. The summed E-state index contributed by atoms with van der Waals surface area (Å²) in [6.45, 7) is 0. The van der Waals surface area contributed by atoms with Gasteiger partial charge in [-0.25, -0.2) is 0 Å². The average Bonchev–Trinajstić information content (AvgIpc) is 2.02. The SMILES string of the molecule is [2H]c1ccc2c(O)cc([2H])cc2c1. The molecule has 2 rings (SSSR count). The van der Waals surface area contributed by atoms with Gasteiger partial charge in [0.15, 0.2) is 0 Å². The molecular weight excluding hydrogens is 136 g/mol. The average molecular weight is 146 g/mol. The second-order valence-corrected chi connectivity index (χ2v) is 2.35. The minimum Gasteiger partial charge on any atom is -0.507 e. The van der Waals surface area contributed by atoms with E-state index >= 15 is 0 Å². The summed E-state index contributed by atoms with van der Waals surface area (Å²) in [5, 5.41) is 10.9. The molecule has 54 valence electrons. The molecule has 0 aliphatic heterocycles. The maximum absolute atomic E-state index is 9.46. The normalized spacial score (nSPS) is 12.7. The van der Waals surface area contributed by atoms with Gasteiger partial charge in [0.05, 0.1) is 2.74 Å². The number of phenolic OH excluding ortho intramolecular Hbond substituents is 1. The van der Waals surface area contributed by atoms with Crippen molar-refractivity contribution in [3.8, 4) is 5.75 Å². The van der Waals surface area contributed by atoms with E-state index in [4.69, 9.17) is 2.74 Å². The van der Waals surface area contributed by atoms with Gasteiger partial charge in [-0.2, -0.15) is 0 Å². The van der Waals surface area contributed by atoms with Crippen molar-refractivity contribution >= 4 is 10.8 Å². The molecule has 0 spiro atoms. The van der Waals surface area contributed by atoms with Gasteiger partial charge in [-0.05, 0) is 11.5 Å². The summed E-state index contributed by atoms with van der Waals surface area (Å²) in [5.74, 6) is 0.0995. The first-order valence-electron chi connectivity index (χ1n) is 4.37. The molecule has 1 nitrogen and oxygen atoms in total. The summed E-state index contributed by atoms with van der Waals surface area (Å²) in [6, 6.07) is 8.61. The lowest BCUT2D eigenvalue weighted by Crippen LogP contribution is -1.70. The minimum absolute atomic E-state index is 0.0995. The summed E-state index contributed by atoms with van der Waals surface area (Å²) < 4.78 is 14.7. The number of phenols is 1. The molecule has 0 heterocycles. The number of aromatic hydroxyl groups is 1. The summed E-state index contributed by atoms with van der Waals surface area (Å²) >= 11 is 0. The second-order valence-electron chi connectivity index (χ2n) is 2.35. The van der Waals surface area contributed by atoms with Gasteiger partial charge in [0.2, 0.25) is 0 Å². The lowest BCUT2D eigenvalue weighted by molar-refractivity contribution is 0.481. The van der Waals surface area contributed by atoms with Crippen LogP contribution in [0.5, 0.6) is 5.75 Å². The summed E-state index contributed by atoms with van der Waals surface area (Å²) in [4.78, 5) is 0. The van der Waals surface area contributed by atoms with Crippen LogP contribution in [0, 0.1) is 0 Å². The molecule has 0 aliphatic rings. The second kappa shape index (κ2) is 2.27. The molecule has 0 radical (unpaired) electrons. The van der Waals surface area contributed by atoms with Gasteiger partial charge in [-0.15, -0.1) is 0 Å². The Kier molecular flexibility index (Phi) is 0.908.